The van der Waals surface area contributed by atoms with Gasteiger partial charge < -0.3 is 15.4 Å². The largest absolute Gasteiger partial charge is 0.399 e. The van der Waals surface area contributed by atoms with Gasteiger partial charge in [-0.1, -0.05) is 6.07 Å². The van der Waals surface area contributed by atoms with Crippen molar-refractivity contribution < 1.29 is 9.53 Å². The molecule has 1 aromatic rings. The summed E-state index contributed by atoms with van der Waals surface area (Å²) in [6, 6.07) is 7.41. The number of nitrogens with zero attached hydrogens (tertiary/aromatic N) is 1. The van der Waals surface area contributed by atoms with Crippen LogP contribution in [0, 0.1) is 5.92 Å². The van der Waals surface area contributed by atoms with Gasteiger partial charge in [-0.2, -0.15) is 0 Å². The van der Waals surface area contributed by atoms with E-state index in [1.165, 1.54) is 0 Å². The van der Waals surface area contributed by atoms with Crippen molar-refractivity contribution in [2.45, 2.75) is 32.3 Å². The number of nitrogen functional groups attached to an aromatic ring is 1. The summed E-state index contributed by atoms with van der Waals surface area (Å²) in [4.78, 5) is 13.9. The Balaban J connectivity index is 1.84. The van der Waals surface area contributed by atoms with E-state index in [1.54, 1.807) is 11.9 Å². The van der Waals surface area contributed by atoms with E-state index >= 15 is 0 Å². The van der Waals surface area contributed by atoms with Gasteiger partial charge in [-0.15, -0.1) is 0 Å². The molecule has 0 radical (unpaired) electrons. The van der Waals surface area contributed by atoms with E-state index in [9.17, 15) is 4.79 Å². The molecule has 2 N–H and O–H groups in total. The molecule has 0 bridgehead atoms. The van der Waals surface area contributed by atoms with E-state index in [0.29, 0.717) is 24.1 Å². The molecule has 0 heterocycles. The third-order valence-electron chi connectivity index (χ3n) is 3.69. The van der Waals surface area contributed by atoms with Crippen LogP contribution in [0.5, 0.6) is 0 Å². The number of nitrogens with two attached hydrogens (primary N) is 1. The highest BCUT2D eigenvalue weighted by Crippen LogP contribution is 2.33. The van der Waals surface area contributed by atoms with Crippen LogP contribution in [-0.4, -0.2) is 25.7 Å². The summed E-state index contributed by atoms with van der Waals surface area (Å²) in [7, 11) is 1.80. The first kappa shape index (κ1) is 13.9. The predicted molar refractivity (Wildman–Crippen MR) is 77.0 cm³/mol. The van der Waals surface area contributed by atoms with Crippen LogP contribution in [0.15, 0.2) is 24.3 Å². The summed E-state index contributed by atoms with van der Waals surface area (Å²) in [6.45, 7) is 2.76. The molecule has 0 unspecified atom stereocenters. The standard InChI is InChI=1S/C15H22N2O2/c1-3-19-14-7-11(8-14)9-15(18)17(2)13-6-4-5-12(16)10-13/h4-6,10-11,14H,3,7-9,16H2,1-2H3. The molecule has 4 heteroatoms. The predicted octanol–water partition coefficient (Wildman–Crippen LogP) is 2.44. The molecule has 0 aromatic heterocycles. The lowest BCUT2D eigenvalue weighted by Gasteiger charge is -2.35. The number of ether oxygens (including phenoxy) is 1. The van der Waals surface area contributed by atoms with Gasteiger partial charge >= 0.3 is 0 Å². The number of carbonyl (C=O) groups is 1. The molecule has 1 amide bonds. The highest BCUT2D eigenvalue weighted by molar-refractivity contribution is 5.93. The third-order valence-corrected chi connectivity index (χ3v) is 3.69. The summed E-state index contributed by atoms with van der Waals surface area (Å²) in [5.74, 6) is 0.609. The van der Waals surface area contributed by atoms with E-state index in [0.717, 1.165) is 25.1 Å². The third kappa shape index (κ3) is 3.47. The summed E-state index contributed by atoms with van der Waals surface area (Å²) in [6.07, 6.45) is 2.96. The normalized spacial score (nSPS) is 21.8. The number of hydrogen-bond acceptors (Lipinski definition) is 3. The molecule has 1 aliphatic rings. The molecular weight excluding hydrogens is 240 g/mol. The van der Waals surface area contributed by atoms with Crippen LogP contribution in [0.25, 0.3) is 0 Å². The van der Waals surface area contributed by atoms with Crippen LogP contribution in [0.4, 0.5) is 11.4 Å². The lowest BCUT2D eigenvalue weighted by Crippen LogP contribution is -2.36. The zero-order valence-corrected chi connectivity index (χ0v) is 11.6. The molecule has 0 aliphatic heterocycles. The van der Waals surface area contributed by atoms with E-state index in [2.05, 4.69) is 0 Å². The Morgan fingerprint density at radius 1 is 1.47 bits per heavy atom. The van der Waals surface area contributed by atoms with Crippen molar-refractivity contribution in [3.8, 4) is 0 Å². The van der Waals surface area contributed by atoms with Crippen molar-refractivity contribution in [2.24, 2.45) is 5.92 Å². The summed E-state index contributed by atoms with van der Waals surface area (Å²) >= 11 is 0. The molecule has 0 spiro atoms. The number of hydrogen-bond donors (Lipinski definition) is 1. The topological polar surface area (TPSA) is 55.6 Å². The number of rotatable bonds is 5. The highest BCUT2D eigenvalue weighted by Gasteiger charge is 2.31. The maximum Gasteiger partial charge on any atom is 0.226 e. The molecule has 104 valence electrons. The van der Waals surface area contributed by atoms with Crippen LogP contribution in [0.1, 0.15) is 26.2 Å². The molecular formula is C15H22N2O2. The van der Waals surface area contributed by atoms with Crippen LogP contribution < -0.4 is 10.6 Å². The lowest BCUT2D eigenvalue weighted by atomic mass is 9.79. The van der Waals surface area contributed by atoms with Gasteiger partial charge in [0, 0.05) is 31.5 Å². The molecule has 0 atom stereocenters. The fraction of sp³-hybridized carbons (Fsp3) is 0.533. The van der Waals surface area contributed by atoms with Crippen LogP contribution in [-0.2, 0) is 9.53 Å². The summed E-state index contributed by atoms with van der Waals surface area (Å²) in [5, 5.41) is 0. The van der Waals surface area contributed by atoms with Crippen molar-refractivity contribution in [3.05, 3.63) is 24.3 Å². The number of carbonyl (C=O) groups excluding carboxylic acids is 1. The minimum absolute atomic E-state index is 0.144. The number of amides is 1. The first-order valence-electron chi connectivity index (χ1n) is 6.83. The van der Waals surface area contributed by atoms with Crippen molar-refractivity contribution in [1.29, 1.82) is 0 Å². The Hall–Kier alpha value is -1.55. The fourth-order valence-electron chi connectivity index (χ4n) is 2.47. The Kier molecular flexibility index (Phi) is 4.43. The van der Waals surface area contributed by atoms with E-state index in [4.69, 9.17) is 10.5 Å². The van der Waals surface area contributed by atoms with Gasteiger partial charge in [0.05, 0.1) is 6.10 Å². The Morgan fingerprint density at radius 2 is 2.21 bits per heavy atom. The SMILES string of the molecule is CCOC1CC(CC(=O)N(C)c2cccc(N)c2)C1. The first-order valence-corrected chi connectivity index (χ1v) is 6.83. The number of benzene rings is 1. The molecule has 19 heavy (non-hydrogen) atoms. The Labute approximate surface area is 114 Å². The maximum absolute atomic E-state index is 12.2. The van der Waals surface area contributed by atoms with Crippen LogP contribution in [0.2, 0.25) is 0 Å². The van der Waals surface area contributed by atoms with Gasteiger partial charge in [-0.3, -0.25) is 4.79 Å². The second kappa shape index (κ2) is 6.06. The molecule has 2 rings (SSSR count). The fourth-order valence-corrected chi connectivity index (χ4v) is 2.47. The zero-order chi connectivity index (χ0) is 13.8. The molecule has 1 aliphatic carbocycles. The smallest absolute Gasteiger partial charge is 0.226 e. The Bertz CT molecular complexity index is 442. The molecule has 0 saturated heterocycles. The minimum atomic E-state index is 0.144. The molecule has 1 saturated carbocycles. The van der Waals surface area contributed by atoms with Gasteiger partial charge in [0.15, 0.2) is 0 Å². The van der Waals surface area contributed by atoms with Crippen LogP contribution >= 0.6 is 0 Å². The first-order chi connectivity index (χ1) is 9.10. The van der Waals surface area contributed by atoms with Crippen molar-refractivity contribution in [1.82, 2.24) is 0 Å². The zero-order valence-electron chi connectivity index (χ0n) is 11.6. The molecule has 1 fully saturated rings. The Morgan fingerprint density at radius 3 is 2.84 bits per heavy atom. The van der Waals surface area contributed by atoms with Crippen molar-refractivity contribution in [3.63, 3.8) is 0 Å². The van der Waals surface area contributed by atoms with Gasteiger partial charge in [-0.05, 0) is 43.9 Å². The summed E-state index contributed by atoms with van der Waals surface area (Å²) in [5.41, 5.74) is 7.26. The van der Waals surface area contributed by atoms with Crippen LogP contribution in [0.3, 0.4) is 0 Å². The van der Waals surface area contributed by atoms with E-state index in [-0.39, 0.29) is 5.91 Å². The minimum Gasteiger partial charge on any atom is -0.399 e. The average Bonchev–Trinajstić information content (AvgIpc) is 2.35. The monoisotopic (exact) mass is 262 g/mol. The van der Waals surface area contributed by atoms with E-state index in [1.807, 2.05) is 31.2 Å². The van der Waals surface area contributed by atoms with Gasteiger partial charge in [0.1, 0.15) is 0 Å². The number of anilines is 2. The van der Waals surface area contributed by atoms with Crippen molar-refractivity contribution >= 4 is 17.3 Å². The van der Waals surface area contributed by atoms with Gasteiger partial charge in [0.25, 0.3) is 0 Å². The highest BCUT2D eigenvalue weighted by atomic mass is 16.5. The van der Waals surface area contributed by atoms with Crippen molar-refractivity contribution in [2.75, 3.05) is 24.3 Å². The van der Waals surface area contributed by atoms with Gasteiger partial charge in [-0.25, -0.2) is 0 Å². The second-order valence-corrected chi connectivity index (χ2v) is 5.17. The maximum atomic E-state index is 12.2. The molecule has 4 nitrogen and oxygen atoms in total. The average molecular weight is 262 g/mol. The second-order valence-electron chi connectivity index (χ2n) is 5.17. The molecule has 1 aromatic carbocycles. The van der Waals surface area contributed by atoms with E-state index < -0.39 is 0 Å². The summed E-state index contributed by atoms with van der Waals surface area (Å²) < 4.78 is 5.51. The lowest BCUT2D eigenvalue weighted by molar-refractivity contribution is -0.121. The van der Waals surface area contributed by atoms with Gasteiger partial charge in [0.2, 0.25) is 5.91 Å². The quantitative estimate of drug-likeness (QED) is 0.829.